The summed E-state index contributed by atoms with van der Waals surface area (Å²) in [4.78, 5) is 39.3. The number of rotatable bonds is 10. The Balaban J connectivity index is 1.70. The number of anilines is 1. The molecule has 176 valence electrons. The van der Waals surface area contributed by atoms with Crippen LogP contribution in [0.5, 0.6) is 5.75 Å². The van der Waals surface area contributed by atoms with Crippen LogP contribution < -0.4 is 10.1 Å². The SMILES string of the molecule is COc1ccc(C)cc1NC(=O)C(OC(=O)CCC(=O)c1ccc(SC)cc1)c1ccccc1. The van der Waals surface area contributed by atoms with Crippen LogP contribution in [-0.4, -0.2) is 31.0 Å². The number of thioether (sulfide) groups is 1. The molecule has 7 heteroatoms. The van der Waals surface area contributed by atoms with Gasteiger partial charge in [0.25, 0.3) is 5.91 Å². The third-order valence-electron chi connectivity index (χ3n) is 5.17. The minimum Gasteiger partial charge on any atom is -0.495 e. The summed E-state index contributed by atoms with van der Waals surface area (Å²) >= 11 is 1.59. The third-order valence-corrected chi connectivity index (χ3v) is 5.91. The van der Waals surface area contributed by atoms with E-state index in [0.29, 0.717) is 22.6 Å². The van der Waals surface area contributed by atoms with Gasteiger partial charge in [0, 0.05) is 22.4 Å². The molecule has 0 spiro atoms. The zero-order valence-electron chi connectivity index (χ0n) is 19.4. The van der Waals surface area contributed by atoms with Crippen molar-refractivity contribution in [1.82, 2.24) is 0 Å². The average molecular weight is 478 g/mol. The Morgan fingerprint density at radius 3 is 2.29 bits per heavy atom. The van der Waals surface area contributed by atoms with Crippen molar-refractivity contribution in [3.05, 3.63) is 89.5 Å². The normalized spacial score (nSPS) is 11.4. The lowest BCUT2D eigenvalue weighted by Gasteiger charge is -2.19. The van der Waals surface area contributed by atoms with Crippen LogP contribution in [0.2, 0.25) is 0 Å². The molecule has 0 aliphatic rings. The molecule has 0 aliphatic carbocycles. The van der Waals surface area contributed by atoms with Gasteiger partial charge >= 0.3 is 5.97 Å². The summed E-state index contributed by atoms with van der Waals surface area (Å²) in [5, 5.41) is 2.80. The molecule has 3 rings (SSSR count). The van der Waals surface area contributed by atoms with E-state index < -0.39 is 18.0 Å². The Kier molecular flexibility index (Phi) is 8.87. The van der Waals surface area contributed by atoms with Crippen molar-refractivity contribution in [3.8, 4) is 5.75 Å². The van der Waals surface area contributed by atoms with Gasteiger partial charge in [-0.1, -0.05) is 48.5 Å². The number of nitrogens with one attached hydrogen (secondary N) is 1. The lowest BCUT2D eigenvalue weighted by atomic mass is 10.1. The van der Waals surface area contributed by atoms with Gasteiger partial charge in [-0.15, -0.1) is 11.8 Å². The van der Waals surface area contributed by atoms with Crippen LogP contribution in [0.1, 0.15) is 40.4 Å². The van der Waals surface area contributed by atoms with Crippen molar-refractivity contribution in [1.29, 1.82) is 0 Å². The number of amides is 1. The third kappa shape index (κ3) is 6.71. The minimum atomic E-state index is -1.17. The predicted octanol–water partition coefficient (Wildman–Crippen LogP) is 5.61. The molecule has 3 aromatic carbocycles. The van der Waals surface area contributed by atoms with E-state index in [4.69, 9.17) is 9.47 Å². The number of aryl methyl sites for hydroxylation is 1. The fourth-order valence-corrected chi connectivity index (χ4v) is 3.75. The van der Waals surface area contributed by atoms with Crippen LogP contribution in [-0.2, 0) is 14.3 Å². The highest BCUT2D eigenvalue weighted by Crippen LogP contribution is 2.28. The molecular formula is C27H27NO5S. The van der Waals surface area contributed by atoms with Gasteiger partial charge in [-0.2, -0.15) is 0 Å². The highest BCUT2D eigenvalue weighted by Gasteiger charge is 2.26. The van der Waals surface area contributed by atoms with Gasteiger partial charge in [0.2, 0.25) is 6.10 Å². The Labute approximate surface area is 203 Å². The number of hydrogen-bond acceptors (Lipinski definition) is 6. The van der Waals surface area contributed by atoms with Crippen LogP contribution in [0.15, 0.2) is 77.7 Å². The molecule has 1 unspecified atom stereocenters. The molecule has 3 aromatic rings. The predicted molar refractivity (Wildman–Crippen MR) is 133 cm³/mol. The Hall–Kier alpha value is -3.58. The molecule has 0 radical (unpaired) electrons. The number of esters is 1. The van der Waals surface area contributed by atoms with Crippen LogP contribution in [0.25, 0.3) is 0 Å². The van der Waals surface area contributed by atoms with E-state index in [2.05, 4.69) is 5.32 Å². The van der Waals surface area contributed by atoms with Crippen molar-refractivity contribution in [2.45, 2.75) is 30.8 Å². The largest absolute Gasteiger partial charge is 0.495 e. The summed E-state index contributed by atoms with van der Waals surface area (Å²) in [6.07, 6.45) is 0.649. The Bertz CT molecular complexity index is 1150. The molecule has 0 fully saturated rings. The molecule has 1 N–H and O–H groups in total. The van der Waals surface area contributed by atoms with Gasteiger partial charge in [-0.25, -0.2) is 0 Å². The fraction of sp³-hybridized carbons (Fsp3) is 0.222. The smallest absolute Gasteiger partial charge is 0.307 e. The molecule has 1 atom stereocenters. The van der Waals surface area contributed by atoms with Crippen molar-refractivity contribution < 1.29 is 23.9 Å². The van der Waals surface area contributed by atoms with E-state index >= 15 is 0 Å². The second-order valence-electron chi connectivity index (χ2n) is 7.63. The summed E-state index contributed by atoms with van der Waals surface area (Å²) in [5.74, 6) is -0.804. The Morgan fingerprint density at radius 2 is 1.65 bits per heavy atom. The van der Waals surface area contributed by atoms with Gasteiger partial charge in [-0.05, 0) is 43.0 Å². The van der Waals surface area contributed by atoms with Crippen molar-refractivity contribution in [3.63, 3.8) is 0 Å². The molecule has 34 heavy (non-hydrogen) atoms. The van der Waals surface area contributed by atoms with E-state index in [-0.39, 0.29) is 18.6 Å². The van der Waals surface area contributed by atoms with E-state index in [1.165, 1.54) is 7.11 Å². The van der Waals surface area contributed by atoms with E-state index in [0.717, 1.165) is 10.5 Å². The van der Waals surface area contributed by atoms with Gasteiger partial charge in [0.05, 0.1) is 19.2 Å². The van der Waals surface area contributed by atoms with E-state index in [1.54, 1.807) is 60.3 Å². The molecule has 0 aromatic heterocycles. The Morgan fingerprint density at radius 1 is 0.941 bits per heavy atom. The highest BCUT2D eigenvalue weighted by molar-refractivity contribution is 7.98. The van der Waals surface area contributed by atoms with Gasteiger partial charge in [-0.3, -0.25) is 14.4 Å². The van der Waals surface area contributed by atoms with Gasteiger partial charge in [0.1, 0.15) is 5.75 Å². The van der Waals surface area contributed by atoms with Crippen molar-refractivity contribution >= 4 is 35.1 Å². The minimum absolute atomic E-state index is 0.00766. The molecule has 0 bridgehead atoms. The average Bonchev–Trinajstić information content (AvgIpc) is 2.86. The quantitative estimate of drug-likeness (QED) is 0.232. The molecule has 0 heterocycles. The number of hydrogen-bond donors (Lipinski definition) is 1. The second kappa shape index (κ2) is 12.0. The zero-order valence-corrected chi connectivity index (χ0v) is 20.2. The summed E-state index contributed by atoms with van der Waals surface area (Å²) in [6, 6.07) is 21.4. The number of carbonyl (C=O) groups excluding carboxylic acids is 3. The van der Waals surface area contributed by atoms with Crippen LogP contribution in [0.3, 0.4) is 0 Å². The maximum absolute atomic E-state index is 13.1. The molecule has 1 amide bonds. The topological polar surface area (TPSA) is 81.7 Å². The summed E-state index contributed by atoms with van der Waals surface area (Å²) in [5.41, 5.74) is 2.48. The summed E-state index contributed by atoms with van der Waals surface area (Å²) < 4.78 is 10.9. The highest BCUT2D eigenvalue weighted by atomic mass is 32.2. The first-order chi connectivity index (χ1) is 16.4. The molecule has 0 aliphatic heterocycles. The number of ether oxygens (including phenoxy) is 2. The van der Waals surface area contributed by atoms with E-state index in [9.17, 15) is 14.4 Å². The fourth-order valence-electron chi connectivity index (χ4n) is 3.35. The number of ketones is 1. The first-order valence-corrected chi connectivity index (χ1v) is 12.0. The molecule has 0 saturated heterocycles. The number of methoxy groups -OCH3 is 1. The maximum Gasteiger partial charge on any atom is 0.307 e. The van der Waals surface area contributed by atoms with Gasteiger partial charge < -0.3 is 14.8 Å². The maximum atomic E-state index is 13.1. The molecule has 6 nitrogen and oxygen atoms in total. The molecule has 0 saturated carbocycles. The lowest BCUT2D eigenvalue weighted by molar-refractivity contribution is -0.154. The number of Topliss-reactive ketones (excluding diaryl/α,β-unsaturated/α-hetero) is 1. The molecular weight excluding hydrogens is 450 g/mol. The van der Waals surface area contributed by atoms with Crippen molar-refractivity contribution in [2.24, 2.45) is 0 Å². The standard InChI is InChI=1S/C27H27NO5S/c1-18-9-15-24(32-2)22(17-18)28-27(31)26(20-7-5-4-6-8-20)33-25(30)16-14-23(29)19-10-12-21(34-3)13-11-19/h4-13,15,17,26H,14,16H2,1-3H3,(H,28,31). The number of benzene rings is 3. The van der Waals surface area contributed by atoms with Crippen molar-refractivity contribution in [2.75, 3.05) is 18.7 Å². The second-order valence-corrected chi connectivity index (χ2v) is 8.50. The first kappa shape index (κ1) is 25.1. The lowest BCUT2D eigenvalue weighted by Crippen LogP contribution is -2.26. The van der Waals surface area contributed by atoms with Crippen LogP contribution >= 0.6 is 11.8 Å². The summed E-state index contributed by atoms with van der Waals surface area (Å²) in [7, 11) is 1.51. The van der Waals surface area contributed by atoms with Crippen LogP contribution in [0.4, 0.5) is 5.69 Å². The van der Waals surface area contributed by atoms with Gasteiger partial charge in [0.15, 0.2) is 5.78 Å². The number of carbonyl (C=O) groups is 3. The monoisotopic (exact) mass is 477 g/mol. The van der Waals surface area contributed by atoms with E-state index in [1.807, 2.05) is 37.4 Å². The zero-order chi connectivity index (χ0) is 24.5. The first-order valence-electron chi connectivity index (χ1n) is 10.8. The van der Waals surface area contributed by atoms with Crippen LogP contribution in [0, 0.1) is 6.92 Å². The summed E-state index contributed by atoms with van der Waals surface area (Å²) in [6.45, 7) is 1.90.